The number of nitrogens with zero attached hydrogens (tertiary/aromatic N) is 2. The third kappa shape index (κ3) is 3.19. The minimum absolute atomic E-state index is 0.215. The molecular weight excluding hydrogens is 242 g/mol. The number of hydrogen-bond donors (Lipinski definition) is 1. The molecular formula is C14H21N3S. The molecule has 0 saturated carbocycles. The summed E-state index contributed by atoms with van der Waals surface area (Å²) in [6, 6.07) is 2.10. The number of fused-ring (bicyclic) bond motifs is 1. The van der Waals surface area contributed by atoms with Crippen molar-refractivity contribution in [3.63, 3.8) is 0 Å². The highest BCUT2D eigenvalue weighted by atomic mass is 32.1. The van der Waals surface area contributed by atoms with Crippen molar-refractivity contribution in [2.24, 2.45) is 5.41 Å². The van der Waals surface area contributed by atoms with Crippen LogP contribution in [0.5, 0.6) is 0 Å². The Labute approximate surface area is 113 Å². The highest BCUT2D eigenvalue weighted by Gasteiger charge is 2.16. The quantitative estimate of drug-likeness (QED) is 0.902. The average molecular weight is 263 g/mol. The number of rotatable bonds is 4. The molecule has 1 N–H and O–H groups in total. The molecule has 0 atom stereocenters. The maximum atomic E-state index is 4.68. The van der Waals surface area contributed by atoms with Gasteiger partial charge in [-0.15, -0.1) is 11.3 Å². The van der Waals surface area contributed by atoms with E-state index in [1.165, 1.54) is 0 Å². The predicted octanol–water partition coefficient (Wildman–Crippen LogP) is 4.10. The van der Waals surface area contributed by atoms with Crippen LogP contribution in [0.1, 0.15) is 39.9 Å². The SMILES string of the molecule is CCCNc1nc(CC(C)(C)C)nc2sccc12. The van der Waals surface area contributed by atoms with Crippen molar-refractivity contribution in [3.05, 3.63) is 17.3 Å². The molecule has 2 aromatic rings. The molecule has 0 saturated heterocycles. The van der Waals surface area contributed by atoms with E-state index in [9.17, 15) is 0 Å². The summed E-state index contributed by atoms with van der Waals surface area (Å²) < 4.78 is 0. The van der Waals surface area contributed by atoms with E-state index < -0.39 is 0 Å². The molecule has 0 amide bonds. The first kappa shape index (κ1) is 13.3. The highest BCUT2D eigenvalue weighted by Crippen LogP contribution is 2.27. The maximum absolute atomic E-state index is 4.68. The number of aromatic nitrogens is 2. The van der Waals surface area contributed by atoms with Crippen molar-refractivity contribution < 1.29 is 0 Å². The van der Waals surface area contributed by atoms with Gasteiger partial charge in [-0.05, 0) is 23.3 Å². The van der Waals surface area contributed by atoms with Gasteiger partial charge in [-0.3, -0.25) is 0 Å². The summed E-state index contributed by atoms with van der Waals surface area (Å²) in [5.41, 5.74) is 0.215. The summed E-state index contributed by atoms with van der Waals surface area (Å²) in [7, 11) is 0. The zero-order valence-electron chi connectivity index (χ0n) is 11.6. The van der Waals surface area contributed by atoms with Crippen LogP contribution < -0.4 is 5.32 Å². The minimum Gasteiger partial charge on any atom is -0.369 e. The van der Waals surface area contributed by atoms with Crippen LogP contribution in [0.3, 0.4) is 0 Å². The summed E-state index contributed by atoms with van der Waals surface area (Å²) in [5.74, 6) is 1.93. The Morgan fingerprint density at radius 1 is 1.28 bits per heavy atom. The summed E-state index contributed by atoms with van der Waals surface area (Å²) in [4.78, 5) is 10.4. The van der Waals surface area contributed by atoms with E-state index in [2.05, 4.69) is 54.4 Å². The molecule has 0 unspecified atom stereocenters. The van der Waals surface area contributed by atoms with Crippen molar-refractivity contribution in [2.75, 3.05) is 11.9 Å². The van der Waals surface area contributed by atoms with E-state index in [0.717, 1.165) is 41.2 Å². The highest BCUT2D eigenvalue weighted by molar-refractivity contribution is 7.16. The van der Waals surface area contributed by atoms with E-state index in [1.807, 2.05) is 0 Å². The van der Waals surface area contributed by atoms with Crippen LogP contribution in [0.2, 0.25) is 0 Å². The van der Waals surface area contributed by atoms with Gasteiger partial charge in [0.25, 0.3) is 0 Å². The molecule has 0 bridgehead atoms. The second-order valence-electron chi connectivity index (χ2n) is 5.79. The first-order valence-corrected chi connectivity index (χ1v) is 7.35. The number of anilines is 1. The Hall–Kier alpha value is -1.16. The van der Waals surface area contributed by atoms with Crippen LogP contribution in [0.4, 0.5) is 5.82 Å². The lowest BCUT2D eigenvalue weighted by Gasteiger charge is -2.17. The van der Waals surface area contributed by atoms with Gasteiger partial charge in [0.2, 0.25) is 0 Å². The van der Waals surface area contributed by atoms with E-state index in [0.29, 0.717) is 0 Å². The van der Waals surface area contributed by atoms with Crippen molar-refractivity contribution in [1.29, 1.82) is 0 Å². The lowest BCUT2D eigenvalue weighted by Crippen LogP contribution is -2.13. The summed E-state index contributed by atoms with van der Waals surface area (Å²) in [6.07, 6.45) is 2.01. The fourth-order valence-electron chi connectivity index (χ4n) is 1.83. The van der Waals surface area contributed by atoms with Gasteiger partial charge < -0.3 is 5.32 Å². The zero-order valence-corrected chi connectivity index (χ0v) is 12.4. The lowest BCUT2D eigenvalue weighted by molar-refractivity contribution is 0.401. The first-order chi connectivity index (χ1) is 8.49. The van der Waals surface area contributed by atoms with Gasteiger partial charge >= 0.3 is 0 Å². The van der Waals surface area contributed by atoms with E-state index in [-0.39, 0.29) is 5.41 Å². The first-order valence-electron chi connectivity index (χ1n) is 6.47. The molecule has 0 aliphatic carbocycles. The monoisotopic (exact) mass is 263 g/mol. The van der Waals surface area contributed by atoms with Crippen LogP contribution in [0.25, 0.3) is 10.2 Å². The van der Waals surface area contributed by atoms with Crippen LogP contribution in [0.15, 0.2) is 11.4 Å². The predicted molar refractivity (Wildman–Crippen MR) is 79.4 cm³/mol. The molecule has 4 heteroatoms. The van der Waals surface area contributed by atoms with Crippen LogP contribution >= 0.6 is 11.3 Å². The number of thiophene rings is 1. The standard InChI is InChI=1S/C14H21N3S/c1-5-7-15-12-10-6-8-18-13(10)17-11(16-12)9-14(2,3)4/h6,8H,5,7,9H2,1-4H3,(H,15,16,17). The Balaban J connectivity index is 2.37. The smallest absolute Gasteiger partial charge is 0.138 e. The van der Waals surface area contributed by atoms with Crippen molar-refractivity contribution in [1.82, 2.24) is 9.97 Å². The normalized spacial score (nSPS) is 12.0. The Kier molecular flexibility index (Phi) is 3.85. The number of nitrogens with one attached hydrogen (secondary N) is 1. The molecule has 98 valence electrons. The van der Waals surface area contributed by atoms with Gasteiger partial charge in [0.1, 0.15) is 16.5 Å². The van der Waals surface area contributed by atoms with E-state index >= 15 is 0 Å². The van der Waals surface area contributed by atoms with Gasteiger partial charge in [0.05, 0.1) is 5.39 Å². The molecule has 2 rings (SSSR count). The van der Waals surface area contributed by atoms with Gasteiger partial charge in [0, 0.05) is 13.0 Å². The average Bonchev–Trinajstić information content (AvgIpc) is 2.71. The molecule has 0 aliphatic rings. The zero-order chi connectivity index (χ0) is 13.2. The topological polar surface area (TPSA) is 37.8 Å². The van der Waals surface area contributed by atoms with E-state index in [1.54, 1.807) is 11.3 Å². The Morgan fingerprint density at radius 2 is 2.06 bits per heavy atom. The molecule has 3 nitrogen and oxygen atoms in total. The lowest BCUT2D eigenvalue weighted by atomic mass is 9.92. The fraction of sp³-hybridized carbons (Fsp3) is 0.571. The number of hydrogen-bond acceptors (Lipinski definition) is 4. The van der Waals surface area contributed by atoms with Gasteiger partial charge in [0.15, 0.2) is 0 Å². The third-order valence-corrected chi connectivity index (χ3v) is 3.41. The molecule has 2 aromatic heterocycles. The fourth-order valence-corrected chi connectivity index (χ4v) is 2.61. The van der Waals surface area contributed by atoms with Crippen molar-refractivity contribution in [2.45, 2.75) is 40.5 Å². The minimum atomic E-state index is 0.215. The molecule has 0 aromatic carbocycles. The van der Waals surface area contributed by atoms with Gasteiger partial charge in [-0.1, -0.05) is 27.7 Å². The molecule has 0 fully saturated rings. The molecule has 0 aliphatic heterocycles. The second-order valence-corrected chi connectivity index (χ2v) is 6.69. The summed E-state index contributed by atoms with van der Waals surface area (Å²) in [6.45, 7) is 9.77. The second kappa shape index (κ2) is 5.22. The van der Waals surface area contributed by atoms with E-state index in [4.69, 9.17) is 0 Å². The summed E-state index contributed by atoms with van der Waals surface area (Å²) >= 11 is 1.68. The maximum Gasteiger partial charge on any atom is 0.138 e. The molecule has 0 radical (unpaired) electrons. The molecule has 0 spiro atoms. The molecule has 18 heavy (non-hydrogen) atoms. The largest absolute Gasteiger partial charge is 0.369 e. The Bertz CT molecular complexity index is 525. The van der Waals surface area contributed by atoms with Crippen LogP contribution in [0, 0.1) is 5.41 Å². The Morgan fingerprint density at radius 3 is 2.72 bits per heavy atom. The van der Waals surface area contributed by atoms with Crippen molar-refractivity contribution >= 4 is 27.4 Å². The molecule has 2 heterocycles. The third-order valence-electron chi connectivity index (χ3n) is 2.60. The summed E-state index contributed by atoms with van der Waals surface area (Å²) in [5, 5.41) is 6.63. The van der Waals surface area contributed by atoms with Crippen molar-refractivity contribution in [3.8, 4) is 0 Å². The van der Waals surface area contributed by atoms with Crippen LogP contribution in [-0.4, -0.2) is 16.5 Å². The van der Waals surface area contributed by atoms with Gasteiger partial charge in [-0.2, -0.15) is 0 Å². The van der Waals surface area contributed by atoms with Crippen LogP contribution in [-0.2, 0) is 6.42 Å². The van der Waals surface area contributed by atoms with Gasteiger partial charge in [-0.25, -0.2) is 9.97 Å².